The van der Waals surface area contributed by atoms with E-state index < -0.39 is 41.7 Å². The first-order valence-electron chi connectivity index (χ1n) is 12.9. The summed E-state index contributed by atoms with van der Waals surface area (Å²) in [6, 6.07) is 14.5. The maximum Gasteiger partial charge on any atom is 0.377 e. The zero-order valence-electron chi connectivity index (χ0n) is 21.4. The van der Waals surface area contributed by atoms with Gasteiger partial charge in [0.1, 0.15) is 6.10 Å². The van der Waals surface area contributed by atoms with Gasteiger partial charge in [-0.15, -0.1) is 0 Å². The van der Waals surface area contributed by atoms with Crippen LogP contribution in [0.5, 0.6) is 0 Å². The number of carbonyl (C=O) groups is 2. The average molecular weight is 530 g/mol. The number of benzene rings is 2. The lowest BCUT2D eigenvalue weighted by atomic mass is 9.70. The second-order valence-corrected chi connectivity index (χ2v) is 11.2. The normalized spacial score (nSPS) is 27.9. The highest BCUT2D eigenvalue weighted by atomic mass is 35.5. The van der Waals surface area contributed by atoms with E-state index in [0.717, 1.165) is 12.8 Å². The number of halogens is 3. The van der Waals surface area contributed by atoms with E-state index in [2.05, 4.69) is 5.32 Å². The summed E-state index contributed by atoms with van der Waals surface area (Å²) >= 11 is 6.33. The number of para-hydroxylation sites is 1. The number of ether oxygens (including phenoxy) is 1. The van der Waals surface area contributed by atoms with Gasteiger partial charge in [-0.05, 0) is 54.4 Å². The van der Waals surface area contributed by atoms with Crippen molar-refractivity contribution in [3.05, 3.63) is 77.3 Å². The fraction of sp³-hybridized carbons (Fsp3) is 0.467. The molecule has 4 nitrogen and oxygen atoms in total. The number of anilines is 1. The van der Waals surface area contributed by atoms with E-state index in [1.807, 2.05) is 20.8 Å². The molecule has 1 fully saturated rings. The van der Waals surface area contributed by atoms with Crippen LogP contribution in [0.25, 0.3) is 0 Å². The highest BCUT2D eigenvalue weighted by Crippen LogP contribution is 2.46. The van der Waals surface area contributed by atoms with Crippen molar-refractivity contribution in [3.8, 4) is 0 Å². The van der Waals surface area contributed by atoms with Crippen LogP contribution in [0, 0.1) is 17.8 Å². The smallest absolute Gasteiger partial charge is 0.377 e. The standard InChI is InChI=1S/C30H34ClF2NO3/c1-19(2)22-14-13-20(3)17-25(22)37-28(36)30(32,33)18-29(21-9-5-4-6-10-21)26(15-16-27(29)35)34-24-12-8-7-11-23(24)31/h4-12,15-16,19-20,22,25-26,34H,13-14,17-18H2,1-3H3/t20-,22+,25-,26+,29+/m0/s1. The van der Waals surface area contributed by atoms with Crippen LogP contribution in [0.1, 0.15) is 52.0 Å². The molecule has 2 aromatic rings. The van der Waals surface area contributed by atoms with Gasteiger partial charge < -0.3 is 10.1 Å². The van der Waals surface area contributed by atoms with Gasteiger partial charge in [-0.25, -0.2) is 4.79 Å². The number of esters is 1. The van der Waals surface area contributed by atoms with Crippen molar-refractivity contribution < 1.29 is 23.1 Å². The molecule has 7 heteroatoms. The highest BCUT2D eigenvalue weighted by molar-refractivity contribution is 6.33. The summed E-state index contributed by atoms with van der Waals surface area (Å²) in [5, 5.41) is 3.57. The molecule has 198 valence electrons. The second-order valence-electron chi connectivity index (χ2n) is 10.8. The predicted octanol–water partition coefficient (Wildman–Crippen LogP) is 7.23. The Balaban J connectivity index is 1.66. The Labute approximate surface area is 222 Å². The predicted molar refractivity (Wildman–Crippen MR) is 142 cm³/mol. The molecule has 0 aliphatic heterocycles. The maximum absolute atomic E-state index is 15.8. The average Bonchev–Trinajstić information content (AvgIpc) is 3.16. The van der Waals surface area contributed by atoms with E-state index in [-0.39, 0.29) is 11.8 Å². The zero-order valence-corrected chi connectivity index (χ0v) is 22.2. The van der Waals surface area contributed by atoms with Crippen molar-refractivity contribution in [2.45, 2.75) is 69.9 Å². The van der Waals surface area contributed by atoms with Crippen molar-refractivity contribution >= 4 is 29.0 Å². The van der Waals surface area contributed by atoms with Crippen LogP contribution in [0.3, 0.4) is 0 Å². The Bertz CT molecular complexity index is 1150. The van der Waals surface area contributed by atoms with Gasteiger partial charge in [0.25, 0.3) is 0 Å². The van der Waals surface area contributed by atoms with Gasteiger partial charge in [-0.2, -0.15) is 8.78 Å². The molecule has 1 N–H and O–H groups in total. The van der Waals surface area contributed by atoms with Crippen molar-refractivity contribution in [2.24, 2.45) is 17.8 Å². The third-order valence-corrected chi connectivity index (χ3v) is 8.23. The Morgan fingerprint density at radius 1 is 1.14 bits per heavy atom. The van der Waals surface area contributed by atoms with Gasteiger partial charge >= 0.3 is 11.9 Å². The van der Waals surface area contributed by atoms with Crippen molar-refractivity contribution in [3.63, 3.8) is 0 Å². The van der Waals surface area contributed by atoms with Gasteiger partial charge in [0, 0.05) is 6.42 Å². The molecule has 2 aromatic carbocycles. The van der Waals surface area contributed by atoms with Gasteiger partial charge in [0.15, 0.2) is 5.78 Å². The molecule has 0 radical (unpaired) electrons. The summed E-state index contributed by atoms with van der Waals surface area (Å²) in [5.74, 6) is -5.42. The molecule has 0 unspecified atom stereocenters. The van der Waals surface area contributed by atoms with Gasteiger partial charge in [0.05, 0.1) is 22.2 Å². The second kappa shape index (κ2) is 10.9. The molecule has 0 heterocycles. The van der Waals surface area contributed by atoms with E-state index in [1.165, 1.54) is 6.08 Å². The molecule has 0 saturated heterocycles. The van der Waals surface area contributed by atoms with Crippen LogP contribution in [-0.4, -0.2) is 29.8 Å². The van der Waals surface area contributed by atoms with E-state index >= 15 is 8.78 Å². The number of hydrogen-bond acceptors (Lipinski definition) is 4. The van der Waals surface area contributed by atoms with Crippen LogP contribution in [-0.2, 0) is 19.7 Å². The topological polar surface area (TPSA) is 55.4 Å². The highest BCUT2D eigenvalue weighted by Gasteiger charge is 2.58. The zero-order chi connectivity index (χ0) is 26.8. The number of alkyl halides is 2. The molecule has 5 atom stereocenters. The minimum Gasteiger partial charge on any atom is -0.458 e. The molecule has 1 saturated carbocycles. The Morgan fingerprint density at radius 3 is 2.49 bits per heavy atom. The molecule has 2 aliphatic carbocycles. The lowest BCUT2D eigenvalue weighted by Gasteiger charge is -2.39. The Kier molecular flexibility index (Phi) is 8.08. The van der Waals surface area contributed by atoms with Crippen LogP contribution >= 0.6 is 11.6 Å². The quantitative estimate of drug-likeness (QED) is 0.366. The summed E-state index contributed by atoms with van der Waals surface area (Å²) in [5.41, 5.74) is -0.815. The van der Waals surface area contributed by atoms with Crippen LogP contribution in [0.4, 0.5) is 14.5 Å². The summed E-state index contributed by atoms with van der Waals surface area (Å²) in [6.45, 7) is 6.10. The SMILES string of the molecule is CC(C)[C@H]1CC[C@H](C)C[C@@H]1OC(=O)C(F)(F)C[C@]1(c2ccccc2)C(=O)C=C[C@H]1Nc1ccccc1Cl. The molecular weight excluding hydrogens is 496 g/mol. The van der Waals surface area contributed by atoms with Crippen molar-refractivity contribution in [2.75, 3.05) is 5.32 Å². The molecule has 0 aromatic heterocycles. The molecule has 0 bridgehead atoms. The summed E-state index contributed by atoms with van der Waals surface area (Å²) in [7, 11) is 0. The molecule has 0 amide bonds. The third kappa shape index (κ3) is 5.59. The van der Waals surface area contributed by atoms with Crippen LogP contribution in [0.2, 0.25) is 5.02 Å². The Morgan fingerprint density at radius 2 is 1.81 bits per heavy atom. The Hall–Kier alpha value is -2.73. The number of carbonyl (C=O) groups excluding carboxylic acids is 2. The van der Waals surface area contributed by atoms with Crippen molar-refractivity contribution in [1.29, 1.82) is 0 Å². The van der Waals surface area contributed by atoms with E-state index in [9.17, 15) is 9.59 Å². The number of rotatable bonds is 8. The molecule has 0 spiro atoms. The van der Waals surface area contributed by atoms with E-state index in [4.69, 9.17) is 16.3 Å². The molecule has 37 heavy (non-hydrogen) atoms. The molecule has 2 aliphatic rings. The first kappa shape index (κ1) is 27.3. The third-order valence-electron chi connectivity index (χ3n) is 7.90. The monoisotopic (exact) mass is 529 g/mol. The lowest BCUT2D eigenvalue weighted by molar-refractivity contribution is -0.187. The first-order valence-corrected chi connectivity index (χ1v) is 13.3. The lowest BCUT2D eigenvalue weighted by Crippen LogP contribution is -2.52. The fourth-order valence-electron chi connectivity index (χ4n) is 5.82. The summed E-state index contributed by atoms with van der Waals surface area (Å²) in [4.78, 5) is 26.5. The minimum atomic E-state index is -3.89. The first-order chi connectivity index (χ1) is 17.5. The number of allylic oxidation sites excluding steroid dienone is 1. The fourth-order valence-corrected chi connectivity index (χ4v) is 6.01. The van der Waals surface area contributed by atoms with Crippen LogP contribution in [0.15, 0.2) is 66.7 Å². The molecule has 4 rings (SSSR count). The largest absolute Gasteiger partial charge is 0.458 e. The van der Waals surface area contributed by atoms with Gasteiger partial charge in [-0.1, -0.05) is 87.3 Å². The number of ketones is 1. The molecular formula is C30H34ClF2NO3. The van der Waals surface area contributed by atoms with Gasteiger partial charge in [0.2, 0.25) is 0 Å². The summed E-state index contributed by atoms with van der Waals surface area (Å²) < 4.78 is 37.2. The van der Waals surface area contributed by atoms with E-state index in [1.54, 1.807) is 60.7 Å². The van der Waals surface area contributed by atoms with Gasteiger partial charge in [-0.3, -0.25) is 4.79 Å². The van der Waals surface area contributed by atoms with Crippen molar-refractivity contribution in [1.82, 2.24) is 0 Å². The number of nitrogens with one attached hydrogen (secondary N) is 1. The summed E-state index contributed by atoms with van der Waals surface area (Å²) in [6.07, 6.45) is 3.67. The number of hydrogen-bond donors (Lipinski definition) is 1. The van der Waals surface area contributed by atoms with E-state index in [0.29, 0.717) is 28.6 Å². The maximum atomic E-state index is 15.8. The van der Waals surface area contributed by atoms with Crippen LogP contribution < -0.4 is 5.32 Å². The minimum absolute atomic E-state index is 0.0310.